The van der Waals surface area contributed by atoms with Crippen LogP contribution in [0.4, 0.5) is 0 Å². The summed E-state index contributed by atoms with van der Waals surface area (Å²) < 4.78 is 0. The van der Waals surface area contributed by atoms with Crippen LogP contribution in [0.2, 0.25) is 0 Å². The van der Waals surface area contributed by atoms with Gasteiger partial charge in [-0.3, -0.25) is 19.2 Å². The Morgan fingerprint density at radius 2 is 1.88 bits per heavy atom. The molecule has 3 heterocycles. The molecule has 2 aromatic heterocycles. The lowest BCUT2D eigenvalue weighted by Crippen LogP contribution is -2.57. The number of thiophene rings is 1. The molecule has 32 heavy (non-hydrogen) atoms. The number of hydrogen-bond acceptors (Lipinski definition) is 5. The quantitative estimate of drug-likeness (QED) is 0.479. The highest BCUT2D eigenvalue weighted by Gasteiger charge is 2.35. The zero-order valence-electron chi connectivity index (χ0n) is 17.6. The molecule has 8 heteroatoms. The van der Waals surface area contributed by atoms with Gasteiger partial charge in [0.1, 0.15) is 0 Å². The van der Waals surface area contributed by atoms with Crippen molar-refractivity contribution in [1.82, 2.24) is 14.8 Å². The summed E-state index contributed by atoms with van der Waals surface area (Å²) in [6, 6.07) is 13.8. The third-order valence-corrected chi connectivity index (χ3v) is 6.56. The Morgan fingerprint density at radius 3 is 2.53 bits per heavy atom. The summed E-state index contributed by atoms with van der Waals surface area (Å²) in [4.78, 5) is 58.2. The van der Waals surface area contributed by atoms with Crippen LogP contribution in [0.5, 0.6) is 0 Å². The van der Waals surface area contributed by atoms with E-state index in [4.69, 9.17) is 0 Å². The molecular weight excluding hydrogens is 426 g/mol. The van der Waals surface area contributed by atoms with Crippen LogP contribution in [0.25, 0.3) is 10.6 Å². The van der Waals surface area contributed by atoms with Gasteiger partial charge in [-0.25, -0.2) is 0 Å². The number of H-pyrrole nitrogens is 1. The maximum Gasteiger partial charge on any atom is 0.295 e. The monoisotopic (exact) mass is 449 g/mol. The van der Waals surface area contributed by atoms with E-state index in [1.807, 2.05) is 42.6 Å². The molecule has 0 saturated carbocycles. The summed E-state index contributed by atoms with van der Waals surface area (Å²) in [6.45, 7) is 2.83. The summed E-state index contributed by atoms with van der Waals surface area (Å²) >= 11 is 1.47. The molecule has 0 radical (unpaired) electrons. The van der Waals surface area contributed by atoms with Crippen LogP contribution in [0.15, 0.2) is 64.9 Å². The standard InChI is InChI=1S/C24H23N3O4S/c1-2-17-15-26(23(30)16-7-4-3-5-8-16)10-11-27(17)24(31)22(29)18-14-25-19(13-20(18)28)21-9-6-12-32-21/h3-9,12-14,17H,2,10-11,15H2,1H3,(H,25,28). The Labute approximate surface area is 189 Å². The molecule has 7 nitrogen and oxygen atoms in total. The molecule has 0 bridgehead atoms. The summed E-state index contributed by atoms with van der Waals surface area (Å²) in [5, 5.41) is 1.89. The Bertz CT molecular complexity index is 1190. The van der Waals surface area contributed by atoms with Crippen molar-refractivity contribution >= 4 is 28.9 Å². The van der Waals surface area contributed by atoms with Gasteiger partial charge < -0.3 is 14.8 Å². The van der Waals surface area contributed by atoms with Crippen LogP contribution < -0.4 is 5.43 Å². The van der Waals surface area contributed by atoms with Gasteiger partial charge in [0.05, 0.1) is 16.1 Å². The second-order valence-electron chi connectivity index (χ2n) is 7.61. The minimum absolute atomic E-state index is 0.0944. The van der Waals surface area contributed by atoms with Gasteiger partial charge in [-0.2, -0.15) is 0 Å². The van der Waals surface area contributed by atoms with E-state index in [2.05, 4.69) is 4.98 Å². The molecule has 1 N–H and O–H groups in total. The third-order valence-electron chi connectivity index (χ3n) is 5.66. The highest BCUT2D eigenvalue weighted by molar-refractivity contribution is 7.13. The third kappa shape index (κ3) is 4.27. The van der Waals surface area contributed by atoms with E-state index in [9.17, 15) is 19.2 Å². The van der Waals surface area contributed by atoms with E-state index in [0.29, 0.717) is 30.8 Å². The first-order chi connectivity index (χ1) is 15.5. The van der Waals surface area contributed by atoms with Crippen molar-refractivity contribution in [2.45, 2.75) is 19.4 Å². The number of nitrogens with zero attached hydrogens (tertiary/aromatic N) is 2. The Morgan fingerprint density at radius 1 is 1.09 bits per heavy atom. The van der Waals surface area contributed by atoms with Crippen LogP contribution in [0, 0.1) is 0 Å². The molecule has 1 unspecified atom stereocenters. The Balaban J connectivity index is 1.49. The molecule has 1 atom stereocenters. The van der Waals surface area contributed by atoms with Crippen molar-refractivity contribution in [1.29, 1.82) is 0 Å². The molecule has 3 aromatic rings. The van der Waals surface area contributed by atoms with Gasteiger partial charge in [-0.1, -0.05) is 31.2 Å². The number of Topliss-reactive ketones (excluding diaryl/α,β-unsaturated/α-hetero) is 1. The number of aromatic amines is 1. The molecule has 1 saturated heterocycles. The fraction of sp³-hybridized carbons (Fsp3) is 0.250. The molecule has 164 valence electrons. The Kier molecular flexibility index (Phi) is 6.32. The van der Waals surface area contributed by atoms with Crippen molar-refractivity contribution in [3.63, 3.8) is 0 Å². The lowest BCUT2D eigenvalue weighted by molar-refractivity contribution is -0.130. The molecule has 1 fully saturated rings. The smallest absolute Gasteiger partial charge is 0.295 e. The molecule has 1 aliphatic rings. The second kappa shape index (κ2) is 9.32. The average molecular weight is 450 g/mol. The predicted octanol–water partition coefficient (Wildman–Crippen LogP) is 3.05. The van der Waals surface area contributed by atoms with Gasteiger partial charge in [0.25, 0.3) is 17.6 Å². The number of amides is 2. The number of aromatic nitrogens is 1. The number of ketones is 1. The average Bonchev–Trinajstić information content (AvgIpc) is 3.38. The summed E-state index contributed by atoms with van der Waals surface area (Å²) in [5.41, 5.74) is 0.536. The first-order valence-electron chi connectivity index (χ1n) is 10.5. The number of piperazine rings is 1. The normalized spacial score (nSPS) is 16.1. The van der Waals surface area contributed by atoms with Crippen LogP contribution in [0.3, 0.4) is 0 Å². The van der Waals surface area contributed by atoms with Crippen molar-refractivity contribution in [2.24, 2.45) is 0 Å². The maximum absolute atomic E-state index is 13.0. The van der Waals surface area contributed by atoms with E-state index < -0.39 is 17.1 Å². The molecule has 1 aliphatic heterocycles. The fourth-order valence-electron chi connectivity index (χ4n) is 3.89. The zero-order chi connectivity index (χ0) is 22.7. The van der Waals surface area contributed by atoms with Crippen LogP contribution >= 0.6 is 11.3 Å². The number of nitrogens with one attached hydrogen (secondary N) is 1. The zero-order valence-corrected chi connectivity index (χ0v) is 18.4. The number of hydrogen-bond donors (Lipinski definition) is 1. The molecule has 0 aliphatic carbocycles. The second-order valence-corrected chi connectivity index (χ2v) is 8.56. The lowest BCUT2D eigenvalue weighted by atomic mass is 10.0. The number of benzene rings is 1. The van der Waals surface area contributed by atoms with Crippen LogP contribution in [-0.4, -0.2) is 58.1 Å². The van der Waals surface area contributed by atoms with Crippen LogP contribution in [0.1, 0.15) is 34.1 Å². The lowest BCUT2D eigenvalue weighted by Gasteiger charge is -2.40. The largest absolute Gasteiger partial charge is 0.360 e. The molecule has 4 rings (SSSR count). The maximum atomic E-state index is 13.0. The van der Waals surface area contributed by atoms with E-state index in [-0.39, 0.29) is 24.1 Å². The summed E-state index contributed by atoms with van der Waals surface area (Å²) in [6.07, 6.45) is 1.90. The summed E-state index contributed by atoms with van der Waals surface area (Å²) in [7, 11) is 0. The highest BCUT2D eigenvalue weighted by Crippen LogP contribution is 2.21. The minimum atomic E-state index is -0.828. The number of carbonyl (C=O) groups is 3. The predicted molar refractivity (Wildman–Crippen MR) is 123 cm³/mol. The number of carbonyl (C=O) groups excluding carboxylic acids is 3. The van der Waals surface area contributed by atoms with Crippen molar-refractivity contribution < 1.29 is 14.4 Å². The first kappa shape index (κ1) is 21.7. The van der Waals surface area contributed by atoms with Gasteiger partial charge >= 0.3 is 0 Å². The minimum Gasteiger partial charge on any atom is -0.360 e. The molecule has 1 aromatic carbocycles. The molecule has 2 amide bonds. The topological polar surface area (TPSA) is 90.6 Å². The van der Waals surface area contributed by atoms with E-state index in [1.165, 1.54) is 28.5 Å². The SMILES string of the molecule is CCC1CN(C(=O)c2ccccc2)CCN1C(=O)C(=O)c1c[nH]c(-c2cccs2)cc1=O. The van der Waals surface area contributed by atoms with E-state index >= 15 is 0 Å². The van der Waals surface area contributed by atoms with Crippen molar-refractivity contribution in [2.75, 3.05) is 19.6 Å². The fourth-order valence-corrected chi connectivity index (χ4v) is 4.59. The molecule has 0 spiro atoms. The van der Waals surface area contributed by atoms with Crippen molar-refractivity contribution in [3.05, 3.63) is 81.5 Å². The number of pyridine rings is 1. The van der Waals surface area contributed by atoms with E-state index in [0.717, 1.165) is 4.88 Å². The first-order valence-corrected chi connectivity index (χ1v) is 11.3. The van der Waals surface area contributed by atoms with Crippen LogP contribution in [-0.2, 0) is 4.79 Å². The molecular formula is C24H23N3O4S. The van der Waals surface area contributed by atoms with Gasteiger partial charge in [-0.05, 0) is 30.0 Å². The van der Waals surface area contributed by atoms with Gasteiger partial charge in [0.15, 0.2) is 5.43 Å². The van der Waals surface area contributed by atoms with Crippen molar-refractivity contribution in [3.8, 4) is 10.6 Å². The van der Waals surface area contributed by atoms with Gasteiger partial charge in [0, 0.05) is 43.5 Å². The summed E-state index contributed by atoms with van der Waals surface area (Å²) in [5.74, 6) is -1.63. The Hall–Kier alpha value is -3.52. The van der Waals surface area contributed by atoms with E-state index in [1.54, 1.807) is 17.0 Å². The van der Waals surface area contributed by atoms with Gasteiger partial charge in [0.2, 0.25) is 0 Å². The number of rotatable bonds is 5. The van der Waals surface area contributed by atoms with Gasteiger partial charge in [-0.15, -0.1) is 11.3 Å². The highest BCUT2D eigenvalue weighted by atomic mass is 32.1.